The standard InChI is InChI=1S/C27H32FN5O6S2/c1-5-8-13-33-19(14-29-23(35)17-11-9-10-12-18(17)28)31-32-27(33)40-15-20(34)30-24-21(25(36)38-6-2)16(4)22(41-24)26(37)39-7-3/h9-12H,5-8,13-15H2,1-4H3,(H,29,35)(H,30,34). The van der Waals surface area contributed by atoms with Crippen LogP contribution in [0, 0.1) is 12.7 Å². The first-order chi connectivity index (χ1) is 19.7. The molecular formula is C27H32FN5O6S2. The predicted molar refractivity (Wildman–Crippen MR) is 153 cm³/mol. The van der Waals surface area contributed by atoms with Crippen molar-refractivity contribution in [1.82, 2.24) is 20.1 Å². The summed E-state index contributed by atoms with van der Waals surface area (Å²) in [6, 6.07) is 5.68. The third-order valence-corrected chi connectivity index (χ3v) is 7.88. The molecule has 2 N–H and O–H groups in total. The molecule has 3 rings (SSSR count). The lowest BCUT2D eigenvalue weighted by Crippen LogP contribution is -2.25. The zero-order valence-electron chi connectivity index (χ0n) is 23.2. The molecule has 220 valence electrons. The van der Waals surface area contributed by atoms with Gasteiger partial charge in [-0.05, 0) is 44.9 Å². The van der Waals surface area contributed by atoms with Crippen LogP contribution in [0.5, 0.6) is 0 Å². The summed E-state index contributed by atoms with van der Waals surface area (Å²) in [5.41, 5.74) is 0.406. The van der Waals surface area contributed by atoms with Gasteiger partial charge in [-0.3, -0.25) is 9.59 Å². The summed E-state index contributed by atoms with van der Waals surface area (Å²) in [4.78, 5) is 50.6. The van der Waals surface area contributed by atoms with E-state index in [0.717, 1.165) is 35.9 Å². The van der Waals surface area contributed by atoms with Crippen LogP contribution >= 0.6 is 23.1 Å². The van der Waals surface area contributed by atoms with Gasteiger partial charge in [0.25, 0.3) is 5.91 Å². The normalized spacial score (nSPS) is 10.8. The van der Waals surface area contributed by atoms with Crippen molar-refractivity contribution in [2.24, 2.45) is 0 Å². The molecule has 0 unspecified atom stereocenters. The molecule has 3 aromatic rings. The largest absolute Gasteiger partial charge is 0.462 e. The van der Waals surface area contributed by atoms with E-state index in [0.29, 0.717) is 23.1 Å². The SMILES string of the molecule is CCCCn1c(CNC(=O)c2ccccc2F)nnc1SCC(=O)Nc1sc(C(=O)OCC)c(C)c1C(=O)OCC. The lowest BCUT2D eigenvalue weighted by atomic mass is 10.1. The van der Waals surface area contributed by atoms with Gasteiger partial charge in [-0.2, -0.15) is 0 Å². The summed E-state index contributed by atoms with van der Waals surface area (Å²) in [5.74, 6) is -2.48. The number of rotatable bonds is 14. The molecule has 0 bridgehead atoms. The average molecular weight is 606 g/mol. The van der Waals surface area contributed by atoms with Crippen molar-refractivity contribution in [3.05, 3.63) is 57.5 Å². The molecule has 0 saturated carbocycles. The topological polar surface area (TPSA) is 142 Å². The second kappa shape index (κ2) is 15.3. The molecule has 0 spiro atoms. The van der Waals surface area contributed by atoms with Gasteiger partial charge in [0.1, 0.15) is 15.7 Å². The maximum absolute atomic E-state index is 14.0. The van der Waals surface area contributed by atoms with Gasteiger partial charge >= 0.3 is 11.9 Å². The molecule has 0 aliphatic rings. The molecule has 11 nitrogen and oxygen atoms in total. The number of nitrogens with one attached hydrogen (secondary N) is 2. The van der Waals surface area contributed by atoms with Crippen LogP contribution in [-0.2, 0) is 27.4 Å². The smallest absolute Gasteiger partial charge is 0.348 e. The Bertz CT molecular complexity index is 1410. The monoisotopic (exact) mass is 605 g/mol. The van der Waals surface area contributed by atoms with E-state index in [2.05, 4.69) is 20.8 Å². The molecule has 41 heavy (non-hydrogen) atoms. The van der Waals surface area contributed by atoms with Crippen molar-refractivity contribution < 1.29 is 33.0 Å². The third kappa shape index (κ3) is 8.13. The fourth-order valence-corrected chi connectivity index (χ4v) is 5.62. The minimum Gasteiger partial charge on any atom is -0.462 e. The molecule has 0 atom stereocenters. The number of anilines is 1. The van der Waals surface area contributed by atoms with Crippen LogP contribution in [0.1, 0.15) is 75.4 Å². The summed E-state index contributed by atoms with van der Waals surface area (Å²) in [7, 11) is 0. The van der Waals surface area contributed by atoms with Gasteiger partial charge in [-0.25, -0.2) is 14.0 Å². The molecule has 0 aliphatic heterocycles. The summed E-state index contributed by atoms with van der Waals surface area (Å²) in [6.45, 7) is 7.83. The second-order valence-corrected chi connectivity index (χ2v) is 10.6. The van der Waals surface area contributed by atoms with Crippen LogP contribution in [0.25, 0.3) is 0 Å². The van der Waals surface area contributed by atoms with Gasteiger partial charge < -0.3 is 24.7 Å². The van der Waals surface area contributed by atoms with Crippen LogP contribution in [0.4, 0.5) is 9.39 Å². The maximum atomic E-state index is 14.0. The van der Waals surface area contributed by atoms with E-state index in [1.165, 1.54) is 18.2 Å². The van der Waals surface area contributed by atoms with Crippen molar-refractivity contribution in [2.75, 3.05) is 24.3 Å². The molecule has 0 fully saturated rings. The number of thioether (sulfide) groups is 1. The van der Waals surface area contributed by atoms with Gasteiger partial charge in [0, 0.05) is 6.54 Å². The van der Waals surface area contributed by atoms with Crippen molar-refractivity contribution in [3.8, 4) is 0 Å². The Labute approximate surface area is 245 Å². The fraction of sp³-hybridized carbons (Fsp3) is 0.407. The van der Waals surface area contributed by atoms with Crippen molar-refractivity contribution in [3.63, 3.8) is 0 Å². The summed E-state index contributed by atoms with van der Waals surface area (Å²) < 4.78 is 26.0. The third-order valence-electron chi connectivity index (χ3n) is 5.73. The Balaban J connectivity index is 1.73. The first-order valence-corrected chi connectivity index (χ1v) is 14.9. The van der Waals surface area contributed by atoms with Crippen molar-refractivity contribution in [1.29, 1.82) is 0 Å². The highest BCUT2D eigenvalue weighted by Gasteiger charge is 2.27. The van der Waals surface area contributed by atoms with Gasteiger partial charge in [-0.15, -0.1) is 21.5 Å². The number of nitrogens with zero attached hydrogens (tertiary/aromatic N) is 3. The lowest BCUT2D eigenvalue weighted by molar-refractivity contribution is -0.113. The number of hydrogen-bond acceptors (Lipinski definition) is 10. The Kier molecular flexibility index (Phi) is 11.8. The Hall–Kier alpha value is -3.78. The summed E-state index contributed by atoms with van der Waals surface area (Å²) in [6.07, 6.45) is 1.70. The first kappa shape index (κ1) is 31.7. The zero-order valence-corrected chi connectivity index (χ0v) is 24.9. The van der Waals surface area contributed by atoms with Gasteiger partial charge in [-0.1, -0.05) is 37.2 Å². The van der Waals surface area contributed by atoms with E-state index < -0.39 is 29.6 Å². The van der Waals surface area contributed by atoms with E-state index in [4.69, 9.17) is 9.47 Å². The van der Waals surface area contributed by atoms with Gasteiger partial charge in [0.15, 0.2) is 11.0 Å². The van der Waals surface area contributed by atoms with Crippen molar-refractivity contribution in [2.45, 2.75) is 58.8 Å². The Morgan fingerprint density at radius 1 is 1.05 bits per heavy atom. The van der Waals surface area contributed by atoms with Crippen LogP contribution in [0.3, 0.4) is 0 Å². The number of halogens is 1. The number of unbranched alkanes of at least 4 members (excludes halogenated alkanes) is 1. The number of aromatic nitrogens is 3. The molecule has 2 amide bonds. The molecular weight excluding hydrogens is 573 g/mol. The first-order valence-electron chi connectivity index (χ1n) is 13.1. The predicted octanol–water partition coefficient (Wildman–Crippen LogP) is 4.60. The summed E-state index contributed by atoms with van der Waals surface area (Å²) in [5, 5.41) is 14.4. The Morgan fingerprint density at radius 3 is 2.44 bits per heavy atom. The fourth-order valence-electron chi connectivity index (χ4n) is 3.73. The highest BCUT2D eigenvalue weighted by molar-refractivity contribution is 7.99. The number of carbonyl (C=O) groups is 4. The molecule has 1 aromatic carbocycles. The number of benzene rings is 1. The van der Waals surface area contributed by atoms with Crippen LogP contribution in [-0.4, -0.2) is 57.5 Å². The number of ether oxygens (including phenoxy) is 2. The van der Waals surface area contributed by atoms with E-state index in [1.54, 1.807) is 31.4 Å². The second-order valence-electron chi connectivity index (χ2n) is 8.60. The number of thiophene rings is 1. The molecule has 2 aromatic heterocycles. The number of amides is 2. The van der Waals surface area contributed by atoms with E-state index >= 15 is 0 Å². The number of hydrogen-bond donors (Lipinski definition) is 2. The molecule has 14 heteroatoms. The molecule has 2 heterocycles. The minimum absolute atomic E-state index is 0.0185. The highest BCUT2D eigenvalue weighted by atomic mass is 32.2. The van der Waals surface area contributed by atoms with Crippen molar-refractivity contribution >= 4 is 51.9 Å². The minimum atomic E-state index is -0.652. The van der Waals surface area contributed by atoms with Gasteiger partial charge in [0.05, 0.1) is 36.6 Å². The van der Waals surface area contributed by atoms with E-state index in [1.807, 2.05) is 6.92 Å². The average Bonchev–Trinajstić information content (AvgIpc) is 3.49. The van der Waals surface area contributed by atoms with Crippen LogP contribution in [0.15, 0.2) is 29.4 Å². The van der Waals surface area contributed by atoms with E-state index in [-0.39, 0.29) is 46.5 Å². The summed E-state index contributed by atoms with van der Waals surface area (Å²) >= 11 is 2.08. The zero-order chi connectivity index (χ0) is 29.9. The molecule has 0 aliphatic carbocycles. The van der Waals surface area contributed by atoms with E-state index in [9.17, 15) is 23.6 Å². The molecule has 0 radical (unpaired) electrons. The maximum Gasteiger partial charge on any atom is 0.348 e. The number of carbonyl (C=O) groups excluding carboxylic acids is 4. The lowest BCUT2D eigenvalue weighted by Gasteiger charge is -2.11. The quantitative estimate of drug-likeness (QED) is 0.199. The molecule has 0 saturated heterocycles. The van der Waals surface area contributed by atoms with Gasteiger partial charge in [0.2, 0.25) is 5.91 Å². The Morgan fingerprint density at radius 2 is 1.76 bits per heavy atom. The highest BCUT2D eigenvalue weighted by Crippen LogP contribution is 2.34. The van der Waals surface area contributed by atoms with Crippen LogP contribution < -0.4 is 10.6 Å². The number of esters is 2. The van der Waals surface area contributed by atoms with Crippen LogP contribution in [0.2, 0.25) is 0 Å².